The Morgan fingerprint density at radius 3 is 1.60 bits per heavy atom. The first kappa shape index (κ1) is 40.1. The van der Waals surface area contributed by atoms with Crippen molar-refractivity contribution >= 4 is 40.0 Å². The van der Waals surface area contributed by atoms with Gasteiger partial charge in [-0.1, -0.05) is 101 Å². The van der Waals surface area contributed by atoms with Crippen molar-refractivity contribution in [1.29, 1.82) is 0 Å². The maximum absolute atomic E-state index is 13.7. The minimum absolute atomic E-state index is 0.0290. The molecule has 4 aromatic rings. The van der Waals surface area contributed by atoms with E-state index < -0.39 is 84.2 Å². The van der Waals surface area contributed by atoms with Gasteiger partial charge in [-0.15, -0.1) is 0 Å². The topological polar surface area (TPSA) is 161 Å². The molecule has 0 aromatic heterocycles. The number of alkyl halides is 1. The van der Waals surface area contributed by atoms with Crippen molar-refractivity contribution in [2.75, 3.05) is 20.3 Å². The van der Waals surface area contributed by atoms with Crippen LogP contribution in [-0.2, 0) is 54.0 Å². The van der Waals surface area contributed by atoms with Gasteiger partial charge < -0.3 is 47.4 Å². The second-order valence-corrected chi connectivity index (χ2v) is 14.3. The fourth-order valence-corrected chi connectivity index (χ4v) is 7.31. The molecule has 4 aromatic carbocycles. The monoisotopic (exact) mass is 846 g/mol. The molecule has 3 aliphatic heterocycles. The molecular weight excluding hydrogens is 808 g/mol. The van der Waals surface area contributed by atoms with E-state index in [1.54, 1.807) is 91.0 Å². The summed E-state index contributed by atoms with van der Waals surface area (Å²) in [6.07, 6.45) is -11.3. The maximum atomic E-state index is 13.7. The number of methoxy groups -OCH3 is 1. The largest absolute Gasteiger partial charge is 0.509 e. The minimum atomic E-state index is -1.48. The summed E-state index contributed by atoms with van der Waals surface area (Å²) >= 11 is 3.56. The molecule has 0 saturated carbocycles. The van der Waals surface area contributed by atoms with Crippen LogP contribution in [0.5, 0.6) is 0 Å². The molecule has 3 heterocycles. The van der Waals surface area contributed by atoms with Crippen LogP contribution in [0.15, 0.2) is 121 Å². The van der Waals surface area contributed by atoms with Gasteiger partial charge in [-0.25, -0.2) is 19.2 Å². The van der Waals surface area contributed by atoms with Crippen LogP contribution < -0.4 is 0 Å². The number of carbonyl (C=O) groups is 4. The van der Waals surface area contributed by atoms with Crippen molar-refractivity contribution in [3.05, 3.63) is 144 Å². The number of hydrogen-bond acceptors (Lipinski definition) is 14. The van der Waals surface area contributed by atoms with E-state index >= 15 is 0 Å². The molecule has 14 nitrogen and oxygen atoms in total. The zero-order chi connectivity index (χ0) is 39.7. The molecule has 0 spiro atoms. The van der Waals surface area contributed by atoms with Crippen LogP contribution in [-0.4, -0.2) is 105 Å². The van der Waals surface area contributed by atoms with E-state index in [0.717, 1.165) is 5.56 Å². The van der Waals surface area contributed by atoms with Crippen LogP contribution >= 0.6 is 15.9 Å². The van der Waals surface area contributed by atoms with Gasteiger partial charge in [-0.05, 0) is 42.0 Å². The lowest BCUT2D eigenvalue weighted by molar-refractivity contribution is -0.307. The molecule has 0 bridgehead atoms. The first-order valence-corrected chi connectivity index (χ1v) is 19.1. The molecule has 15 heteroatoms. The number of fused-ring (bicyclic) bond motifs is 1. The van der Waals surface area contributed by atoms with Crippen molar-refractivity contribution in [3.8, 4) is 0 Å². The fraction of sp³-hybridized carbons (Fsp3) is 0.333. The van der Waals surface area contributed by atoms with Gasteiger partial charge in [-0.3, -0.25) is 0 Å². The van der Waals surface area contributed by atoms with E-state index in [9.17, 15) is 19.2 Å². The van der Waals surface area contributed by atoms with E-state index in [2.05, 4.69) is 15.9 Å². The third-order valence-electron chi connectivity index (χ3n) is 9.44. The summed E-state index contributed by atoms with van der Waals surface area (Å²) < 4.78 is 59.6. The average molecular weight is 848 g/mol. The van der Waals surface area contributed by atoms with Gasteiger partial charge in [0.25, 0.3) is 0 Å². The molecule has 10 atom stereocenters. The summed E-state index contributed by atoms with van der Waals surface area (Å²) in [5.74, 6) is -2.34. The minimum Gasteiger partial charge on any atom is -0.452 e. The zero-order valence-electron chi connectivity index (χ0n) is 30.5. The fourth-order valence-electron chi connectivity index (χ4n) is 6.62. The molecule has 0 aliphatic carbocycles. The van der Waals surface area contributed by atoms with Crippen LogP contribution in [0.1, 0.15) is 36.6 Å². The van der Waals surface area contributed by atoms with Crippen LogP contribution in [0.2, 0.25) is 0 Å². The van der Waals surface area contributed by atoms with Crippen molar-refractivity contribution in [2.45, 2.75) is 66.7 Å². The van der Waals surface area contributed by atoms with Crippen LogP contribution in [0.3, 0.4) is 0 Å². The lowest BCUT2D eigenvalue weighted by Gasteiger charge is -2.45. The normalized spacial score (nSPS) is 27.9. The molecule has 0 unspecified atom stereocenters. The van der Waals surface area contributed by atoms with E-state index in [1.165, 1.54) is 7.11 Å². The van der Waals surface area contributed by atoms with Crippen molar-refractivity contribution in [1.82, 2.24) is 0 Å². The van der Waals surface area contributed by atoms with E-state index in [1.807, 2.05) is 30.3 Å². The molecule has 3 saturated heterocycles. The molecule has 3 fully saturated rings. The second kappa shape index (κ2) is 18.9. The number of rotatable bonds is 14. The number of hydrogen-bond donors (Lipinski definition) is 0. The molecule has 3 aliphatic rings. The highest BCUT2D eigenvalue weighted by molar-refractivity contribution is 9.09. The zero-order valence-corrected chi connectivity index (χ0v) is 32.1. The number of benzene rings is 4. The SMILES string of the molecule is CO[C@H]1O[C@H](CO[C@@H]2O[C@H](COCc3ccccc3)[C@@H]3OC(=O)O[C@@H]3[C@H]2Br)[C@@H](OC(=O)c2ccccc2)[C@H](OC(=O)c2ccccc2)[C@H]1OC(=O)c1ccccc1. The Balaban J connectivity index is 1.16. The highest BCUT2D eigenvalue weighted by Crippen LogP contribution is 2.37. The Hall–Kier alpha value is -5.16. The van der Waals surface area contributed by atoms with Gasteiger partial charge in [0.2, 0.25) is 0 Å². The average Bonchev–Trinajstić information content (AvgIpc) is 3.66. The van der Waals surface area contributed by atoms with Gasteiger partial charge in [0.1, 0.15) is 17.0 Å². The summed E-state index contributed by atoms with van der Waals surface area (Å²) in [6, 6.07) is 34.0. The van der Waals surface area contributed by atoms with Crippen molar-refractivity contribution < 1.29 is 66.5 Å². The Morgan fingerprint density at radius 1 is 0.579 bits per heavy atom. The summed E-state index contributed by atoms with van der Waals surface area (Å²) in [5.41, 5.74) is 1.52. The van der Waals surface area contributed by atoms with Crippen LogP contribution in [0.4, 0.5) is 4.79 Å². The van der Waals surface area contributed by atoms with Gasteiger partial charge in [0.15, 0.2) is 43.1 Å². The van der Waals surface area contributed by atoms with Crippen molar-refractivity contribution in [3.63, 3.8) is 0 Å². The number of ether oxygens (including phenoxy) is 10. The quantitative estimate of drug-likeness (QED) is 0.0869. The number of halogens is 1. The highest BCUT2D eigenvalue weighted by atomic mass is 79.9. The summed E-state index contributed by atoms with van der Waals surface area (Å²) in [7, 11) is 1.33. The third kappa shape index (κ3) is 9.70. The van der Waals surface area contributed by atoms with Crippen LogP contribution in [0, 0.1) is 0 Å². The number of carbonyl (C=O) groups excluding carboxylic acids is 4. The molecule has 57 heavy (non-hydrogen) atoms. The first-order chi connectivity index (χ1) is 27.8. The molecule has 7 rings (SSSR count). The van der Waals surface area contributed by atoms with Crippen LogP contribution in [0.25, 0.3) is 0 Å². The standard InChI is InChI=1S/C42H39BrO14/c1-48-41-36(55-39(46)28-20-12-5-13-21-28)35(54-38(45)27-18-10-4-11-19-27)33(53-37(44)26-16-8-3-9-17-26)30(52-41)24-50-40-31(43)34-32(56-42(47)57-34)29(51-40)23-49-22-25-14-6-2-7-15-25/h2-21,29-36,40-41H,22-24H2,1H3/t29-,30-,31-,32+,33-,34-,35+,36-,40-,41+/m1/s1. The summed E-state index contributed by atoms with van der Waals surface area (Å²) in [4.78, 5) is 52.5. The maximum Gasteiger partial charge on any atom is 0.509 e. The molecular formula is C42H39BrO14. The Kier molecular flexibility index (Phi) is 13.2. The Bertz CT molecular complexity index is 1950. The van der Waals surface area contributed by atoms with Gasteiger partial charge in [0, 0.05) is 7.11 Å². The van der Waals surface area contributed by atoms with Gasteiger partial charge in [0.05, 0.1) is 36.5 Å². The molecule has 0 amide bonds. The number of esters is 3. The van der Waals surface area contributed by atoms with E-state index in [0.29, 0.717) is 0 Å². The first-order valence-electron chi connectivity index (χ1n) is 18.2. The summed E-state index contributed by atoms with van der Waals surface area (Å²) in [5, 5.41) is 0. The molecule has 298 valence electrons. The van der Waals surface area contributed by atoms with Gasteiger partial charge in [-0.2, -0.15) is 0 Å². The highest BCUT2D eigenvalue weighted by Gasteiger charge is 2.56. The van der Waals surface area contributed by atoms with Crippen molar-refractivity contribution in [2.24, 2.45) is 0 Å². The third-order valence-corrected chi connectivity index (χ3v) is 10.4. The lowest BCUT2D eigenvalue weighted by atomic mass is 9.97. The lowest BCUT2D eigenvalue weighted by Crippen LogP contribution is -2.63. The smallest absolute Gasteiger partial charge is 0.452 e. The van der Waals surface area contributed by atoms with E-state index in [4.69, 9.17) is 47.4 Å². The molecule has 0 N–H and O–H groups in total. The predicted molar refractivity (Wildman–Crippen MR) is 201 cm³/mol. The summed E-state index contributed by atoms with van der Waals surface area (Å²) in [6.45, 7) is -0.0405. The predicted octanol–water partition coefficient (Wildman–Crippen LogP) is 5.66. The van der Waals surface area contributed by atoms with E-state index in [-0.39, 0.29) is 36.5 Å². The molecule has 0 radical (unpaired) electrons. The Labute approximate surface area is 336 Å². The second-order valence-electron chi connectivity index (χ2n) is 13.2. The Morgan fingerprint density at radius 2 is 1.05 bits per heavy atom. The van der Waals surface area contributed by atoms with Gasteiger partial charge >= 0.3 is 24.1 Å².